The topological polar surface area (TPSA) is 100 Å². The summed E-state index contributed by atoms with van der Waals surface area (Å²) in [5.74, 6) is -0.553. The number of aromatic amines is 1. The molecule has 1 unspecified atom stereocenters. The van der Waals surface area contributed by atoms with Gasteiger partial charge in [-0.25, -0.2) is 17.9 Å². The van der Waals surface area contributed by atoms with E-state index in [4.69, 9.17) is 4.74 Å². The van der Waals surface area contributed by atoms with Crippen LogP contribution in [-0.2, 0) is 21.2 Å². The second-order valence-electron chi connectivity index (χ2n) is 6.61. The number of fused-ring (bicyclic) bond motifs is 1. The Morgan fingerprint density at radius 3 is 2.71 bits per heavy atom. The highest BCUT2D eigenvalue weighted by atomic mass is 35.5. The normalized spacial score (nSPS) is 16.2. The number of benzene rings is 1. The molecular formula is C19H26ClN3O4S. The molecule has 3 rings (SSSR count). The minimum absolute atomic E-state index is 0. The number of carbonyl (C=O) groups is 1. The second-order valence-corrected chi connectivity index (χ2v) is 8.31. The fraction of sp³-hybridized carbons (Fsp3) is 0.421. The Kier molecular flexibility index (Phi) is 7.28. The highest BCUT2D eigenvalue weighted by Crippen LogP contribution is 2.25. The molecule has 0 amide bonds. The van der Waals surface area contributed by atoms with Crippen molar-refractivity contribution in [1.82, 2.24) is 15.0 Å². The van der Waals surface area contributed by atoms with Crippen LogP contribution in [0.3, 0.4) is 0 Å². The van der Waals surface area contributed by atoms with E-state index >= 15 is 0 Å². The molecule has 1 aliphatic rings. The van der Waals surface area contributed by atoms with Gasteiger partial charge in [0, 0.05) is 23.8 Å². The number of H-pyrrole nitrogens is 1. The van der Waals surface area contributed by atoms with E-state index in [0.717, 1.165) is 18.5 Å². The lowest BCUT2D eigenvalue weighted by molar-refractivity contribution is 0.0519. The minimum atomic E-state index is -3.78. The summed E-state index contributed by atoms with van der Waals surface area (Å²) in [4.78, 5) is 15.0. The molecular weight excluding hydrogens is 402 g/mol. The number of hydrogen-bond donors (Lipinski definition) is 3. The molecule has 0 saturated heterocycles. The monoisotopic (exact) mass is 427 g/mol. The van der Waals surface area contributed by atoms with E-state index in [9.17, 15) is 13.2 Å². The van der Waals surface area contributed by atoms with Crippen molar-refractivity contribution < 1.29 is 17.9 Å². The molecule has 0 radical (unpaired) electrons. The summed E-state index contributed by atoms with van der Waals surface area (Å²) in [5, 5.41) is 3.36. The van der Waals surface area contributed by atoms with E-state index in [1.165, 1.54) is 5.56 Å². The number of nitrogens with one attached hydrogen (secondary N) is 3. The van der Waals surface area contributed by atoms with Gasteiger partial charge < -0.3 is 15.0 Å². The SMILES string of the molecule is CCOC(=O)c1[nH]c(C)c(S(=O)(=O)NCC2NCCc3ccccc32)c1C.Cl. The lowest BCUT2D eigenvalue weighted by Crippen LogP contribution is -2.39. The highest BCUT2D eigenvalue weighted by molar-refractivity contribution is 7.89. The first-order valence-electron chi connectivity index (χ1n) is 9.02. The third kappa shape index (κ3) is 4.41. The van der Waals surface area contributed by atoms with Gasteiger partial charge in [0.25, 0.3) is 0 Å². The van der Waals surface area contributed by atoms with Crippen LogP contribution in [0.5, 0.6) is 0 Å². The first kappa shape index (κ1) is 22.4. The van der Waals surface area contributed by atoms with Crippen molar-refractivity contribution in [2.24, 2.45) is 0 Å². The smallest absolute Gasteiger partial charge is 0.355 e. The molecule has 0 fully saturated rings. The molecule has 0 spiro atoms. The molecule has 1 aromatic carbocycles. The average molecular weight is 428 g/mol. The van der Waals surface area contributed by atoms with Gasteiger partial charge in [-0.1, -0.05) is 24.3 Å². The Bertz CT molecular complexity index is 956. The number of halogens is 1. The highest BCUT2D eigenvalue weighted by Gasteiger charge is 2.28. The summed E-state index contributed by atoms with van der Waals surface area (Å²) in [6.07, 6.45) is 0.929. The van der Waals surface area contributed by atoms with Crippen molar-refractivity contribution in [2.45, 2.75) is 38.1 Å². The Morgan fingerprint density at radius 1 is 1.29 bits per heavy atom. The first-order chi connectivity index (χ1) is 12.8. The summed E-state index contributed by atoms with van der Waals surface area (Å²) in [6, 6.07) is 7.96. The van der Waals surface area contributed by atoms with Crippen LogP contribution >= 0.6 is 12.4 Å². The standard InChI is InChI=1S/C19H25N3O4S.ClH/c1-4-26-19(23)17-12(2)18(13(3)22-17)27(24,25)21-11-16-15-8-6-5-7-14(15)9-10-20-16;/h5-8,16,20-22H,4,9-11H2,1-3H3;1H. The Labute approximate surface area is 171 Å². The maximum atomic E-state index is 12.9. The molecule has 2 aromatic rings. The number of ether oxygens (including phenoxy) is 1. The van der Waals surface area contributed by atoms with Crippen molar-refractivity contribution in [3.05, 3.63) is 52.3 Å². The molecule has 0 bridgehead atoms. The predicted octanol–water partition coefficient (Wildman–Crippen LogP) is 2.40. The minimum Gasteiger partial charge on any atom is -0.461 e. The quantitative estimate of drug-likeness (QED) is 0.614. The molecule has 2 heterocycles. The number of hydrogen-bond acceptors (Lipinski definition) is 5. The molecule has 1 aliphatic heterocycles. The van der Waals surface area contributed by atoms with Crippen LogP contribution in [-0.4, -0.2) is 39.1 Å². The van der Waals surface area contributed by atoms with Crippen molar-refractivity contribution in [2.75, 3.05) is 19.7 Å². The van der Waals surface area contributed by atoms with Gasteiger partial charge >= 0.3 is 5.97 Å². The van der Waals surface area contributed by atoms with Crippen molar-refractivity contribution in [3.63, 3.8) is 0 Å². The van der Waals surface area contributed by atoms with Crippen molar-refractivity contribution >= 4 is 28.4 Å². The van der Waals surface area contributed by atoms with Crippen molar-refractivity contribution in [1.29, 1.82) is 0 Å². The lowest BCUT2D eigenvalue weighted by atomic mass is 9.95. The van der Waals surface area contributed by atoms with E-state index in [1.807, 2.05) is 18.2 Å². The van der Waals surface area contributed by atoms with Crippen LogP contribution in [0.15, 0.2) is 29.2 Å². The van der Waals surface area contributed by atoms with Gasteiger partial charge in [0.15, 0.2) is 0 Å². The van der Waals surface area contributed by atoms with Crippen LogP contribution < -0.4 is 10.0 Å². The molecule has 9 heteroatoms. The summed E-state index contributed by atoms with van der Waals surface area (Å²) in [7, 11) is -3.78. The molecule has 1 atom stereocenters. The Balaban J connectivity index is 0.00000280. The van der Waals surface area contributed by atoms with E-state index in [2.05, 4.69) is 21.1 Å². The number of aromatic nitrogens is 1. The molecule has 7 nitrogen and oxygen atoms in total. The van der Waals surface area contributed by atoms with Gasteiger partial charge in [-0.05, 0) is 44.9 Å². The Morgan fingerprint density at radius 2 is 2.00 bits per heavy atom. The first-order valence-corrected chi connectivity index (χ1v) is 10.5. The molecule has 0 saturated carbocycles. The fourth-order valence-electron chi connectivity index (χ4n) is 3.58. The van der Waals surface area contributed by atoms with Crippen molar-refractivity contribution in [3.8, 4) is 0 Å². The maximum absolute atomic E-state index is 12.9. The molecule has 28 heavy (non-hydrogen) atoms. The molecule has 3 N–H and O–H groups in total. The average Bonchev–Trinajstić information content (AvgIpc) is 2.95. The molecule has 154 valence electrons. The third-order valence-electron chi connectivity index (χ3n) is 4.81. The number of rotatable bonds is 6. The summed E-state index contributed by atoms with van der Waals surface area (Å²) in [6.45, 7) is 6.22. The molecule has 0 aliphatic carbocycles. The molecule has 1 aromatic heterocycles. The summed E-state index contributed by atoms with van der Waals surface area (Å²) < 4.78 is 33.5. The number of sulfonamides is 1. The van der Waals surface area contributed by atoms with Crippen LogP contribution in [0, 0.1) is 13.8 Å². The van der Waals surface area contributed by atoms with Crippen LogP contribution in [0.25, 0.3) is 0 Å². The zero-order valence-corrected chi connectivity index (χ0v) is 17.8. The van der Waals surface area contributed by atoms with Gasteiger partial charge in [0.1, 0.15) is 10.6 Å². The van der Waals surface area contributed by atoms with Gasteiger partial charge in [-0.2, -0.15) is 0 Å². The van der Waals surface area contributed by atoms with Gasteiger partial charge in [-0.15, -0.1) is 12.4 Å². The number of carbonyl (C=O) groups excluding carboxylic acids is 1. The second kappa shape index (κ2) is 9.09. The largest absolute Gasteiger partial charge is 0.461 e. The van der Waals surface area contributed by atoms with Gasteiger partial charge in [0.05, 0.1) is 6.61 Å². The fourth-order valence-corrected chi connectivity index (χ4v) is 5.07. The lowest BCUT2D eigenvalue weighted by Gasteiger charge is -2.27. The van der Waals surface area contributed by atoms with E-state index < -0.39 is 16.0 Å². The zero-order chi connectivity index (χ0) is 19.6. The predicted molar refractivity (Wildman–Crippen MR) is 110 cm³/mol. The summed E-state index contributed by atoms with van der Waals surface area (Å²) >= 11 is 0. The van der Waals surface area contributed by atoms with E-state index in [1.54, 1.807) is 20.8 Å². The van der Waals surface area contributed by atoms with E-state index in [0.29, 0.717) is 11.3 Å². The van der Waals surface area contributed by atoms with Gasteiger partial charge in [0.2, 0.25) is 10.0 Å². The summed E-state index contributed by atoms with van der Waals surface area (Å²) in [5.41, 5.74) is 3.31. The Hall–Kier alpha value is -1.87. The van der Waals surface area contributed by atoms with E-state index in [-0.39, 0.29) is 42.2 Å². The van der Waals surface area contributed by atoms with Crippen LogP contribution in [0.2, 0.25) is 0 Å². The number of esters is 1. The third-order valence-corrected chi connectivity index (χ3v) is 6.51. The number of aryl methyl sites for hydroxylation is 1. The van der Waals surface area contributed by atoms with Crippen LogP contribution in [0.4, 0.5) is 0 Å². The zero-order valence-electron chi connectivity index (χ0n) is 16.2. The van der Waals surface area contributed by atoms with Crippen LogP contribution in [0.1, 0.15) is 45.8 Å². The maximum Gasteiger partial charge on any atom is 0.355 e. The van der Waals surface area contributed by atoms with Gasteiger partial charge in [-0.3, -0.25) is 0 Å².